The molecule has 1 N–H and O–H groups in total. The van der Waals surface area contributed by atoms with Gasteiger partial charge in [-0.05, 0) is 42.0 Å². The number of carbonyl (C=O) groups excluding carboxylic acids is 2. The van der Waals surface area contributed by atoms with E-state index >= 15 is 0 Å². The first kappa shape index (κ1) is 22.7. The van der Waals surface area contributed by atoms with E-state index in [2.05, 4.69) is 10.4 Å². The van der Waals surface area contributed by atoms with E-state index < -0.39 is 0 Å². The van der Waals surface area contributed by atoms with Crippen molar-refractivity contribution < 1.29 is 19.1 Å². The molecule has 1 aromatic heterocycles. The van der Waals surface area contributed by atoms with Crippen LogP contribution in [-0.2, 0) is 31.4 Å². The highest BCUT2D eigenvalue weighted by molar-refractivity contribution is 6.30. The number of methoxy groups -OCH3 is 1. The average molecular weight is 469 g/mol. The topological polar surface area (TPSA) is 85.7 Å². The molecule has 1 aliphatic heterocycles. The number of benzene rings is 2. The lowest BCUT2D eigenvalue weighted by molar-refractivity contribution is -0.134. The minimum Gasteiger partial charge on any atom is -0.497 e. The summed E-state index contributed by atoms with van der Waals surface area (Å²) in [5.41, 5.74) is 3.02. The van der Waals surface area contributed by atoms with Crippen molar-refractivity contribution in [1.29, 1.82) is 0 Å². The van der Waals surface area contributed by atoms with Crippen molar-refractivity contribution in [2.24, 2.45) is 7.05 Å². The smallest absolute Gasteiger partial charge is 0.272 e. The predicted molar refractivity (Wildman–Crippen MR) is 123 cm³/mol. The highest BCUT2D eigenvalue weighted by Crippen LogP contribution is 2.23. The zero-order valence-corrected chi connectivity index (χ0v) is 19.3. The first-order chi connectivity index (χ1) is 15.9. The molecule has 0 aliphatic carbocycles. The fourth-order valence-electron chi connectivity index (χ4n) is 3.76. The maximum absolute atomic E-state index is 12.9. The lowest BCUT2D eigenvalue weighted by atomic mass is 10.0. The van der Waals surface area contributed by atoms with Gasteiger partial charge in [0, 0.05) is 49.4 Å². The Bertz CT molecular complexity index is 1140. The summed E-state index contributed by atoms with van der Waals surface area (Å²) in [6.45, 7) is 1.14. The molecule has 2 aromatic carbocycles. The number of fused-ring (bicyclic) bond motifs is 1. The second kappa shape index (κ2) is 9.95. The van der Waals surface area contributed by atoms with Crippen molar-refractivity contribution >= 4 is 23.4 Å². The van der Waals surface area contributed by atoms with E-state index in [0.29, 0.717) is 42.5 Å². The van der Waals surface area contributed by atoms with Crippen LogP contribution in [0.2, 0.25) is 5.02 Å². The summed E-state index contributed by atoms with van der Waals surface area (Å²) >= 11 is 5.91. The number of aryl methyl sites for hydroxylation is 1. The van der Waals surface area contributed by atoms with Gasteiger partial charge in [0.1, 0.15) is 11.5 Å². The maximum atomic E-state index is 12.9. The molecule has 172 valence electrons. The number of halogens is 1. The van der Waals surface area contributed by atoms with Gasteiger partial charge in [-0.1, -0.05) is 23.7 Å². The molecule has 3 aromatic rings. The normalized spacial score (nSPS) is 12.8. The van der Waals surface area contributed by atoms with Crippen LogP contribution in [0, 0.1) is 0 Å². The fraction of sp³-hybridized carbons (Fsp3) is 0.292. The minimum absolute atomic E-state index is 0.0833. The second-order valence-corrected chi connectivity index (χ2v) is 8.17. The quantitative estimate of drug-likeness (QED) is 0.576. The summed E-state index contributed by atoms with van der Waals surface area (Å²) in [5.74, 6) is 0.889. The van der Waals surface area contributed by atoms with E-state index in [1.54, 1.807) is 53.1 Å². The number of nitrogens with zero attached hydrogens (tertiary/aromatic N) is 3. The predicted octanol–water partition coefficient (Wildman–Crippen LogP) is 2.98. The van der Waals surface area contributed by atoms with Crippen LogP contribution >= 0.6 is 11.6 Å². The molecule has 0 saturated heterocycles. The molecule has 2 amide bonds. The van der Waals surface area contributed by atoms with Gasteiger partial charge >= 0.3 is 0 Å². The number of aromatic nitrogens is 2. The third-order valence-electron chi connectivity index (χ3n) is 5.60. The van der Waals surface area contributed by atoms with E-state index in [1.165, 1.54) is 0 Å². The van der Waals surface area contributed by atoms with Gasteiger partial charge in [-0.15, -0.1) is 0 Å². The standard InChI is InChI=1S/C24H25ClN4O4/c1-28-21-11-12-29(22(30)15-33-19-9-7-18(32-2)8-10-19)14-20(21)23(27-28)24(31)26-13-16-3-5-17(25)6-4-16/h3-10H,11-15H2,1-2H3,(H,26,31). The van der Waals surface area contributed by atoms with Crippen LogP contribution in [0.25, 0.3) is 0 Å². The zero-order valence-electron chi connectivity index (χ0n) is 18.5. The molecular formula is C24H25ClN4O4. The van der Waals surface area contributed by atoms with E-state index in [9.17, 15) is 9.59 Å². The van der Waals surface area contributed by atoms with E-state index in [1.807, 2.05) is 19.2 Å². The van der Waals surface area contributed by atoms with Gasteiger partial charge in [0.15, 0.2) is 12.3 Å². The van der Waals surface area contributed by atoms with Crippen molar-refractivity contribution in [2.75, 3.05) is 20.3 Å². The fourth-order valence-corrected chi connectivity index (χ4v) is 3.89. The lowest BCUT2D eigenvalue weighted by Gasteiger charge is -2.27. The number of ether oxygens (including phenoxy) is 2. The van der Waals surface area contributed by atoms with Crippen molar-refractivity contribution in [3.05, 3.63) is 76.1 Å². The summed E-state index contributed by atoms with van der Waals surface area (Å²) in [5, 5.41) is 7.97. The Kier molecular flexibility index (Phi) is 6.84. The molecule has 0 spiro atoms. The molecule has 33 heavy (non-hydrogen) atoms. The first-order valence-corrected chi connectivity index (χ1v) is 10.9. The summed E-state index contributed by atoms with van der Waals surface area (Å²) in [7, 11) is 3.41. The molecule has 0 radical (unpaired) electrons. The monoisotopic (exact) mass is 468 g/mol. The lowest BCUT2D eigenvalue weighted by Crippen LogP contribution is -2.39. The van der Waals surface area contributed by atoms with Crippen molar-refractivity contribution in [2.45, 2.75) is 19.5 Å². The highest BCUT2D eigenvalue weighted by Gasteiger charge is 2.29. The molecule has 0 bridgehead atoms. The van der Waals surface area contributed by atoms with E-state index in [0.717, 1.165) is 22.6 Å². The summed E-state index contributed by atoms with van der Waals surface area (Å²) < 4.78 is 12.5. The number of carbonyl (C=O) groups is 2. The highest BCUT2D eigenvalue weighted by atomic mass is 35.5. The zero-order chi connectivity index (χ0) is 23.4. The Balaban J connectivity index is 1.39. The third kappa shape index (κ3) is 5.28. The van der Waals surface area contributed by atoms with Crippen molar-refractivity contribution in [1.82, 2.24) is 20.0 Å². The Morgan fingerprint density at radius 3 is 2.48 bits per heavy atom. The minimum atomic E-state index is -0.273. The molecule has 9 heteroatoms. The van der Waals surface area contributed by atoms with Gasteiger partial charge in [0.2, 0.25) is 0 Å². The van der Waals surface area contributed by atoms with Crippen LogP contribution in [0.1, 0.15) is 27.3 Å². The first-order valence-electron chi connectivity index (χ1n) is 10.6. The number of hydrogen-bond donors (Lipinski definition) is 1. The van der Waals surface area contributed by atoms with Crippen LogP contribution < -0.4 is 14.8 Å². The molecule has 8 nitrogen and oxygen atoms in total. The number of nitrogens with one attached hydrogen (secondary N) is 1. The summed E-state index contributed by atoms with van der Waals surface area (Å²) in [6, 6.07) is 14.3. The Hall–Kier alpha value is -3.52. The van der Waals surface area contributed by atoms with Crippen molar-refractivity contribution in [3.63, 3.8) is 0 Å². The van der Waals surface area contributed by atoms with Gasteiger partial charge in [-0.25, -0.2) is 0 Å². The molecule has 0 fully saturated rings. The largest absolute Gasteiger partial charge is 0.497 e. The van der Waals surface area contributed by atoms with Gasteiger partial charge in [-0.2, -0.15) is 5.10 Å². The molecule has 2 heterocycles. The summed E-state index contributed by atoms with van der Waals surface area (Å²) in [6.07, 6.45) is 0.623. The molecule has 1 aliphatic rings. The van der Waals surface area contributed by atoms with Gasteiger partial charge in [-0.3, -0.25) is 14.3 Å². The summed E-state index contributed by atoms with van der Waals surface area (Å²) in [4.78, 5) is 27.3. The third-order valence-corrected chi connectivity index (χ3v) is 5.85. The van der Waals surface area contributed by atoms with Gasteiger partial charge < -0.3 is 19.7 Å². The van der Waals surface area contributed by atoms with Crippen LogP contribution in [0.3, 0.4) is 0 Å². The van der Waals surface area contributed by atoms with Gasteiger partial charge in [0.25, 0.3) is 11.8 Å². The number of amides is 2. The van der Waals surface area contributed by atoms with Crippen LogP contribution in [0.4, 0.5) is 0 Å². The number of hydrogen-bond acceptors (Lipinski definition) is 5. The molecular weight excluding hydrogens is 444 g/mol. The molecule has 4 rings (SSSR count). The maximum Gasteiger partial charge on any atom is 0.272 e. The van der Waals surface area contributed by atoms with Crippen LogP contribution in [0.15, 0.2) is 48.5 Å². The Labute approximate surface area is 197 Å². The van der Waals surface area contributed by atoms with Crippen LogP contribution in [0.5, 0.6) is 11.5 Å². The molecule has 0 unspecified atom stereocenters. The second-order valence-electron chi connectivity index (χ2n) is 7.74. The van der Waals surface area contributed by atoms with Crippen molar-refractivity contribution in [3.8, 4) is 11.5 Å². The Morgan fingerprint density at radius 2 is 1.79 bits per heavy atom. The van der Waals surface area contributed by atoms with Crippen LogP contribution in [-0.4, -0.2) is 46.8 Å². The van der Waals surface area contributed by atoms with E-state index in [-0.39, 0.29) is 18.4 Å². The van der Waals surface area contributed by atoms with Gasteiger partial charge in [0.05, 0.1) is 7.11 Å². The Morgan fingerprint density at radius 1 is 1.09 bits per heavy atom. The van der Waals surface area contributed by atoms with E-state index in [4.69, 9.17) is 21.1 Å². The number of rotatable bonds is 7. The SMILES string of the molecule is COc1ccc(OCC(=O)N2CCc3c(c(C(=O)NCc4ccc(Cl)cc4)nn3C)C2)cc1. The molecule has 0 saturated carbocycles. The molecule has 0 atom stereocenters. The average Bonchev–Trinajstić information content (AvgIpc) is 3.18.